The molecule has 2 aromatic heterocycles. The van der Waals surface area contributed by atoms with Crippen LogP contribution in [0.2, 0.25) is 5.28 Å². The van der Waals surface area contributed by atoms with Gasteiger partial charge < -0.3 is 14.4 Å². The Morgan fingerprint density at radius 2 is 1.15 bits per heavy atom. The van der Waals surface area contributed by atoms with Crippen molar-refractivity contribution in [2.24, 2.45) is 0 Å². The summed E-state index contributed by atoms with van der Waals surface area (Å²) in [6, 6.07) is 24.5. The van der Waals surface area contributed by atoms with Gasteiger partial charge in [-0.2, -0.15) is 15.8 Å². The van der Waals surface area contributed by atoms with Crippen LogP contribution in [0.1, 0.15) is 29.4 Å². The van der Waals surface area contributed by atoms with E-state index in [1.807, 2.05) is 59.5 Å². The lowest BCUT2D eigenvalue weighted by atomic mass is 10.1. The van der Waals surface area contributed by atoms with E-state index in [1.165, 1.54) is 19.2 Å². The molecule has 0 spiro atoms. The molecule has 0 atom stereocenters. The topological polar surface area (TPSA) is 145 Å². The number of nitriles is 3. The molecular weight excluding hydrogens is 516 g/mol. The first-order valence-corrected chi connectivity index (χ1v) is 11.8. The fourth-order valence-electron chi connectivity index (χ4n) is 3.06. The Balaban J connectivity index is 0.000000370. The molecule has 4 aromatic rings. The van der Waals surface area contributed by atoms with Crippen LogP contribution in [-0.2, 0) is 13.1 Å². The maximum Gasteiger partial charge on any atom is 0.227 e. The lowest BCUT2D eigenvalue weighted by Crippen LogP contribution is -2.24. The van der Waals surface area contributed by atoms with Crippen LogP contribution in [0, 0.1) is 34.0 Å². The number of nitrogens with zero attached hydrogens (tertiary/aromatic N) is 8. The van der Waals surface area contributed by atoms with Crippen LogP contribution in [0.25, 0.3) is 0 Å². The fourth-order valence-corrected chi connectivity index (χ4v) is 3.21. The first kappa shape index (κ1) is 30.0. The average molecular weight is 541 g/mol. The van der Waals surface area contributed by atoms with Crippen molar-refractivity contribution in [1.82, 2.24) is 19.9 Å². The minimum atomic E-state index is 0.106. The summed E-state index contributed by atoms with van der Waals surface area (Å²) in [5.74, 6) is 2.13. The second-order valence-corrected chi connectivity index (χ2v) is 7.79. The summed E-state index contributed by atoms with van der Waals surface area (Å²) < 4.78 is 10.4. The highest BCUT2D eigenvalue weighted by atomic mass is 35.5. The minimum Gasteiger partial charge on any atom is -0.497 e. The van der Waals surface area contributed by atoms with Crippen molar-refractivity contribution in [2.45, 2.75) is 20.0 Å². The van der Waals surface area contributed by atoms with Gasteiger partial charge >= 0.3 is 0 Å². The summed E-state index contributed by atoms with van der Waals surface area (Å²) in [7, 11) is 3.29. The number of hydrogen-bond acceptors (Lipinski definition) is 10. The number of methoxy groups -OCH3 is 2. The Hall–Kier alpha value is -5.24. The molecule has 0 N–H and O–H groups in total. The van der Waals surface area contributed by atoms with Gasteiger partial charge in [0, 0.05) is 32.4 Å². The fraction of sp³-hybridized carbons (Fsp3) is 0.179. The predicted molar refractivity (Wildman–Crippen MR) is 146 cm³/mol. The second-order valence-electron chi connectivity index (χ2n) is 7.45. The normalized spacial score (nSPS) is 9.15. The average Bonchev–Trinajstić information content (AvgIpc) is 2.98. The third-order valence-corrected chi connectivity index (χ3v) is 5.03. The zero-order chi connectivity index (χ0) is 28.5. The van der Waals surface area contributed by atoms with Gasteiger partial charge in [-0.3, -0.25) is 0 Å². The number of halogens is 1. The monoisotopic (exact) mass is 540 g/mol. The molecule has 0 aliphatic carbocycles. The molecule has 0 radical (unpaired) electrons. The molecule has 10 nitrogen and oxygen atoms in total. The molecule has 196 valence electrons. The molecule has 0 saturated carbocycles. The molecule has 0 aliphatic heterocycles. The summed E-state index contributed by atoms with van der Waals surface area (Å²) >= 11 is 5.35. The van der Waals surface area contributed by atoms with Crippen molar-refractivity contribution in [2.75, 3.05) is 19.1 Å². The summed E-state index contributed by atoms with van der Waals surface area (Å²) in [5.41, 5.74) is 2.81. The summed E-state index contributed by atoms with van der Waals surface area (Å²) in [4.78, 5) is 17.9. The Labute approximate surface area is 232 Å². The van der Waals surface area contributed by atoms with Crippen LogP contribution in [0.4, 0.5) is 5.95 Å². The van der Waals surface area contributed by atoms with E-state index in [4.69, 9.17) is 36.9 Å². The summed E-state index contributed by atoms with van der Waals surface area (Å²) in [6.07, 6.45) is 3.05. The van der Waals surface area contributed by atoms with Crippen LogP contribution in [-0.4, -0.2) is 34.2 Å². The van der Waals surface area contributed by atoms with Gasteiger partial charge in [-0.25, -0.2) is 19.9 Å². The zero-order valence-corrected chi connectivity index (χ0v) is 22.4. The largest absolute Gasteiger partial charge is 0.497 e. The molecule has 2 aromatic carbocycles. The molecule has 39 heavy (non-hydrogen) atoms. The highest BCUT2D eigenvalue weighted by molar-refractivity contribution is 6.28. The predicted octanol–water partition coefficient (Wildman–Crippen LogP) is 5.10. The molecule has 0 aliphatic rings. The quantitative estimate of drug-likeness (QED) is 0.290. The molecule has 0 bridgehead atoms. The number of benzene rings is 2. The lowest BCUT2D eigenvalue weighted by molar-refractivity contribution is 0.414. The smallest absolute Gasteiger partial charge is 0.227 e. The van der Waals surface area contributed by atoms with Crippen LogP contribution in [0.3, 0.4) is 0 Å². The van der Waals surface area contributed by atoms with Gasteiger partial charge in [0.1, 0.15) is 35.0 Å². The molecule has 11 heteroatoms. The highest BCUT2D eigenvalue weighted by Gasteiger charge is 2.13. The van der Waals surface area contributed by atoms with Gasteiger partial charge in [0.05, 0.1) is 20.3 Å². The number of ether oxygens (including phenoxy) is 2. The molecule has 0 amide bonds. The number of anilines is 1. The third kappa shape index (κ3) is 10.3. The molecular formula is C28H25ClN8O2. The molecule has 0 fully saturated rings. The SMILES string of the molecule is CC#N.COc1ccc(CN(Cc2ccc(OC)cc2)c2nccc(C#N)n2)cc1.N#Cc1ccnc(Cl)n1. The Morgan fingerprint density at radius 1 is 0.718 bits per heavy atom. The van der Waals surface area contributed by atoms with Crippen molar-refractivity contribution in [1.29, 1.82) is 15.8 Å². The van der Waals surface area contributed by atoms with Gasteiger partial charge in [-0.05, 0) is 59.1 Å². The van der Waals surface area contributed by atoms with Gasteiger partial charge in [-0.15, -0.1) is 0 Å². The second kappa shape index (κ2) is 16.5. The van der Waals surface area contributed by atoms with Crippen molar-refractivity contribution < 1.29 is 9.47 Å². The highest BCUT2D eigenvalue weighted by Crippen LogP contribution is 2.20. The Kier molecular flexibility index (Phi) is 12.7. The summed E-state index contributed by atoms with van der Waals surface area (Å²) in [5, 5.41) is 24.8. The van der Waals surface area contributed by atoms with Gasteiger partial charge in [0.2, 0.25) is 11.2 Å². The van der Waals surface area contributed by atoms with Crippen LogP contribution >= 0.6 is 11.6 Å². The van der Waals surface area contributed by atoms with Crippen molar-refractivity contribution >= 4 is 17.5 Å². The number of hydrogen-bond donors (Lipinski definition) is 0. The van der Waals surface area contributed by atoms with Crippen molar-refractivity contribution in [3.63, 3.8) is 0 Å². The third-order valence-electron chi connectivity index (χ3n) is 4.85. The Bertz CT molecular complexity index is 1390. The maximum absolute atomic E-state index is 9.15. The Morgan fingerprint density at radius 3 is 1.54 bits per heavy atom. The summed E-state index contributed by atoms with van der Waals surface area (Å²) in [6.45, 7) is 2.63. The first-order valence-electron chi connectivity index (χ1n) is 11.4. The van der Waals surface area contributed by atoms with Gasteiger partial charge in [0.25, 0.3) is 0 Å². The van der Waals surface area contributed by atoms with Crippen LogP contribution < -0.4 is 14.4 Å². The molecule has 2 heterocycles. The van der Waals surface area contributed by atoms with E-state index in [0.29, 0.717) is 24.7 Å². The van der Waals surface area contributed by atoms with E-state index in [0.717, 1.165) is 22.6 Å². The van der Waals surface area contributed by atoms with E-state index >= 15 is 0 Å². The van der Waals surface area contributed by atoms with Crippen LogP contribution in [0.15, 0.2) is 73.1 Å². The van der Waals surface area contributed by atoms with Crippen LogP contribution in [0.5, 0.6) is 11.5 Å². The van der Waals surface area contributed by atoms with E-state index in [2.05, 4.69) is 26.0 Å². The molecule has 4 rings (SSSR count). The lowest BCUT2D eigenvalue weighted by Gasteiger charge is -2.23. The maximum atomic E-state index is 9.15. The minimum absolute atomic E-state index is 0.106. The van der Waals surface area contributed by atoms with E-state index in [1.54, 1.807) is 32.6 Å². The zero-order valence-electron chi connectivity index (χ0n) is 21.6. The van der Waals surface area contributed by atoms with E-state index < -0.39 is 0 Å². The van der Waals surface area contributed by atoms with Gasteiger partial charge in [0.15, 0.2) is 0 Å². The molecule has 0 unspecified atom stereocenters. The number of rotatable bonds is 7. The van der Waals surface area contributed by atoms with E-state index in [9.17, 15) is 0 Å². The van der Waals surface area contributed by atoms with Gasteiger partial charge in [-0.1, -0.05) is 24.3 Å². The van der Waals surface area contributed by atoms with Crippen molar-refractivity contribution in [3.05, 3.63) is 101 Å². The molecule has 0 saturated heterocycles. The first-order chi connectivity index (χ1) is 19.0. The standard InChI is InChI=1S/C21H20N4O2.C5H2ClN3.C2H3N/c1-26-19-7-3-16(4-8-19)14-25(21-23-12-11-18(13-22)24-21)15-17-5-9-20(27-2)10-6-17;6-5-8-2-1-4(3-7)9-5;1-2-3/h3-12H,14-15H2,1-2H3;1-2H;1H3. The number of aromatic nitrogens is 4. The van der Waals surface area contributed by atoms with Crippen molar-refractivity contribution in [3.8, 4) is 29.7 Å². The van der Waals surface area contributed by atoms with E-state index in [-0.39, 0.29) is 11.0 Å².